The Kier molecular flexibility index (Phi) is 5.94. The fraction of sp³-hybridized carbons (Fsp3) is 0.148. The molecule has 0 amide bonds. The zero-order valence-electron chi connectivity index (χ0n) is 18.2. The summed E-state index contributed by atoms with van der Waals surface area (Å²) in [6.45, 7) is 7.97. The average Bonchev–Trinajstić information content (AvgIpc) is 2.82. The Balaban J connectivity index is 1.51. The Morgan fingerprint density at radius 1 is 1.03 bits per heavy atom. The highest BCUT2D eigenvalue weighted by atomic mass is 16.6. The van der Waals surface area contributed by atoms with E-state index < -0.39 is 11.6 Å². The quantitative estimate of drug-likeness (QED) is 0.529. The van der Waals surface area contributed by atoms with Crippen LogP contribution in [0.25, 0.3) is 12.2 Å². The third-order valence-electron chi connectivity index (χ3n) is 5.55. The van der Waals surface area contributed by atoms with Crippen LogP contribution in [-0.2, 0) is 12.4 Å². The second-order valence-electron chi connectivity index (χ2n) is 7.69. The zero-order valence-corrected chi connectivity index (χ0v) is 18.2. The van der Waals surface area contributed by atoms with Gasteiger partial charge in [0.15, 0.2) is 5.78 Å². The van der Waals surface area contributed by atoms with E-state index in [-0.39, 0.29) is 23.5 Å². The number of carbonyl (C=O) groups is 1. The lowest BCUT2D eigenvalue weighted by molar-refractivity contribution is -0.147. The van der Waals surface area contributed by atoms with Crippen LogP contribution in [0.15, 0.2) is 67.8 Å². The van der Waals surface area contributed by atoms with E-state index in [0.717, 1.165) is 16.7 Å². The van der Waals surface area contributed by atoms with Crippen LogP contribution in [0.1, 0.15) is 39.0 Å². The smallest absolute Gasteiger partial charge is 0.242 e. The van der Waals surface area contributed by atoms with Crippen molar-refractivity contribution in [2.24, 2.45) is 0 Å². The predicted molar refractivity (Wildman–Crippen MR) is 126 cm³/mol. The molecule has 33 heavy (non-hydrogen) atoms. The molecule has 0 aliphatic carbocycles. The van der Waals surface area contributed by atoms with E-state index in [9.17, 15) is 15.0 Å². The van der Waals surface area contributed by atoms with Crippen LogP contribution in [0.2, 0.25) is 0 Å². The first-order valence-corrected chi connectivity index (χ1v) is 10.3. The van der Waals surface area contributed by atoms with E-state index in [1.54, 1.807) is 36.4 Å². The van der Waals surface area contributed by atoms with Crippen molar-refractivity contribution in [2.75, 3.05) is 7.11 Å². The number of carbonyl (C=O) groups excluding carboxylic acids is 1. The maximum atomic E-state index is 12.6. The Bertz CT molecular complexity index is 1230. The topological polar surface area (TPSA) is 85.2 Å². The van der Waals surface area contributed by atoms with Gasteiger partial charge in [0.05, 0.1) is 13.5 Å². The van der Waals surface area contributed by atoms with Crippen molar-refractivity contribution in [3.8, 4) is 23.0 Å². The third-order valence-corrected chi connectivity index (χ3v) is 5.55. The monoisotopic (exact) mass is 444 g/mol. The minimum atomic E-state index is -1.87. The highest BCUT2D eigenvalue weighted by molar-refractivity contribution is 6.03. The van der Waals surface area contributed by atoms with Crippen molar-refractivity contribution in [3.63, 3.8) is 0 Å². The normalized spacial score (nSPS) is 17.0. The first-order chi connectivity index (χ1) is 15.9. The van der Waals surface area contributed by atoms with Crippen LogP contribution in [0, 0.1) is 0 Å². The van der Waals surface area contributed by atoms with Gasteiger partial charge in [-0.25, -0.2) is 0 Å². The van der Waals surface area contributed by atoms with Gasteiger partial charge in [0.25, 0.3) is 0 Å². The molecule has 1 unspecified atom stereocenters. The first kappa shape index (κ1) is 22.2. The van der Waals surface area contributed by atoms with Gasteiger partial charge in [0.1, 0.15) is 35.2 Å². The number of methoxy groups -OCH3 is 1. The van der Waals surface area contributed by atoms with E-state index in [1.165, 1.54) is 19.2 Å². The molecule has 1 aliphatic rings. The van der Waals surface area contributed by atoms with Crippen LogP contribution in [-0.4, -0.2) is 23.1 Å². The second kappa shape index (κ2) is 8.84. The summed E-state index contributed by atoms with van der Waals surface area (Å²) in [5, 5.41) is 21.2. The number of Topliss-reactive ketones (excluding diaryl/α,β-unsaturated/α-hetero) is 1. The van der Waals surface area contributed by atoms with Crippen molar-refractivity contribution < 1.29 is 29.2 Å². The van der Waals surface area contributed by atoms with Crippen molar-refractivity contribution in [1.82, 2.24) is 0 Å². The number of fused-ring (bicyclic) bond motifs is 1. The summed E-state index contributed by atoms with van der Waals surface area (Å²) in [4.78, 5) is 12.6. The lowest BCUT2D eigenvalue weighted by Crippen LogP contribution is -2.39. The number of hydrogen-bond acceptors (Lipinski definition) is 6. The fourth-order valence-electron chi connectivity index (χ4n) is 3.79. The molecule has 168 valence electrons. The number of ether oxygens (including phenoxy) is 3. The summed E-state index contributed by atoms with van der Waals surface area (Å²) in [5.74, 6) is -1.58. The Hall–Kier alpha value is -4.03. The first-order valence-electron chi connectivity index (χ1n) is 10.3. The van der Waals surface area contributed by atoms with Crippen LogP contribution in [0.3, 0.4) is 0 Å². The molecule has 0 fully saturated rings. The Morgan fingerprint density at radius 2 is 1.76 bits per heavy atom. The molecule has 0 radical (unpaired) electrons. The van der Waals surface area contributed by atoms with Gasteiger partial charge in [0, 0.05) is 17.7 Å². The lowest BCUT2D eigenvalue weighted by atomic mass is 9.92. The molecule has 1 atom stereocenters. The molecule has 6 heteroatoms. The number of phenols is 1. The van der Waals surface area contributed by atoms with Crippen molar-refractivity contribution in [3.05, 3.63) is 95.6 Å². The van der Waals surface area contributed by atoms with Gasteiger partial charge in [0.2, 0.25) is 5.79 Å². The molecule has 2 N–H and O–H groups in total. The molecule has 3 aromatic rings. The maximum absolute atomic E-state index is 12.6. The summed E-state index contributed by atoms with van der Waals surface area (Å²) < 4.78 is 16.7. The number of hydrogen-bond donors (Lipinski definition) is 2. The van der Waals surface area contributed by atoms with Crippen LogP contribution in [0.4, 0.5) is 0 Å². The van der Waals surface area contributed by atoms with E-state index in [2.05, 4.69) is 13.2 Å². The number of rotatable bonds is 7. The van der Waals surface area contributed by atoms with Gasteiger partial charge >= 0.3 is 0 Å². The number of aliphatic hydroxyl groups is 1. The van der Waals surface area contributed by atoms with E-state index in [0.29, 0.717) is 23.7 Å². The molecule has 0 saturated carbocycles. The van der Waals surface area contributed by atoms with E-state index >= 15 is 0 Å². The van der Waals surface area contributed by atoms with Gasteiger partial charge in [-0.3, -0.25) is 4.79 Å². The average molecular weight is 444 g/mol. The van der Waals surface area contributed by atoms with Crippen LogP contribution in [0.5, 0.6) is 23.0 Å². The van der Waals surface area contributed by atoms with Gasteiger partial charge in [-0.15, -0.1) is 0 Å². The molecule has 1 aliphatic heterocycles. The van der Waals surface area contributed by atoms with Gasteiger partial charge in [-0.1, -0.05) is 37.4 Å². The molecule has 6 nitrogen and oxygen atoms in total. The summed E-state index contributed by atoms with van der Waals surface area (Å²) in [7, 11) is 1.43. The van der Waals surface area contributed by atoms with Crippen LogP contribution < -0.4 is 14.2 Å². The molecular formula is C27H24O6. The molecule has 4 rings (SSSR count). The third kappa shape index (κ3) is 4.33. The molecule has 1 heterocycles. The maximum Gasteiger partial charge on any atom is 0.242 e. The lowest BCUT2D eigenvalue weighted by Gasteiger charge is -2.34. The van der Waals surface area contributed by atoms with E-state index in [4.69, 9.17) is 14.2 Å². The van der Waals surface area contributed by atoms with Crippen LogP contribution >= 0.6 is 0 Å². The zero-order chi connectivity index (χ0) is 23.6. The fourth-order valence-corrected chi connectivity index (χ4v) is 3.79. The molecule has 0 spiro atoms. The van der Waals surface area contributed by atoms with Gasteiger partial charge in [-0.05, 0) is 47.0 Å². The number of phenolic OH excluding ortho intramolecular Hbond substituents is 1. The van der Waals surface area contributed by atoms with Crippen molar-refractivity contribution in [2.45, 2.75) is 18.8 Å². The summed E-state index contributed by atoms with van der Waals surface area (Å²) in [6.07, 6.45) is 3.22. The molecule has 0 bridgehead atoms. The molecular weight excluding hydrogens is 420 g/mol. The Labute approximate surface area is 192 Å². The van der Waals surface area contributed by atoms with E-state index in [1.807, 2.05) is 18.2 Å². The second-order valence-corrected chi connectivity index (χ2v) is 7.69. The highest BCUT2D eigenvalue weighted by Gasteiger charge is 2.42. The number of aromatic hydroxyl groups is 1. The standard InChI is InChI=1S/C27H24O6/c1-4-18-7-6-17(12-19(18)5-2)16-32-21-10-8-20(9-11-21)27(30)15-24(29)26-23(28)13-22(31-3)14-25(26)33-27/h4-14,28,30H,1-2,15-16H2,3H3. The van der Waals surface area contributed by atoms with Crippen molar-refractivity contribution >= 4 is 17.9 Å². The summed E-state index contributed by atoms with van der Waals surface area (Å²) in [6, 6.07) is 15.4. The van der Waals surface area contributed by atoms with Crippen molar-refractivity contribution in [1.29, 1.82) is 0 Å². The Morgan fingerprint density at radius 3 is 2.42 bits per heavy atom. The van der Waals surface area contributed by atoms with Gasteiger partial charge < -0.3 is 24.4 Å². The largest absolute Gasteiger partial charge is 0.507 e. The minimum absolute atomic E-state index is 0.0294. The summed E-state index contributed by atoms with van der Waals surface area (Å²) >= 11 is 0. The highest BCUT2D eigenvalue weighted by Crippen LogP contribution is 2.43. The number of benzene rings is 3. The summed E-state index contributed by atoms with van der Waals surface area (Å²) in [5.41, 5.74) is 3.37. The molecule has 0 saturated heterocycles. The SMILES string of the molecule is C=Cc1ccc(COc2ccc(C3(O)CC(=O)c4c(O)cc(OC)cc4O3)cc2)cc1C=C. The molecule has 3 aromatic carbocycles. The molecule has 0 aromatic heterocycles. The predicted octanol–water partition coefficient (Wildman–Crippen LogP) is 5.08. The minimum Gasteiger partial charge on any atom is -0.507 e. The van der Waals surface area contributed by atoms with Gasteiger partial charge in [-0.2, -0.15) is 0 Å². The number of ketones is 1.